The van der Waals surface area contributed by atoms with Crippen LogP contribution >= 0.6 is 22.9 Å². The molecule has 1 aliphatic heterocycles. The second-order valence-electron chi connectivity index (χ2n) is 6.76. The average molecular weight is 382 g/mol. The van der Waals surface area contributed by atoms with E-state index in [-0.39, 0.29) is 5.56 Å². The van der Waals surface area contributed by atoms with Gasteiger partial charge in [0, 0.05) is 6.54 Å². The number of hydrogen-bond acceptors (Lipinski definition) is 5. The summed E-state index contributed by atoms with van der Waals surface area (Å²) in [6, 6.07) is 16.5. The molecule has 3 heterocycles. The van der Waals surface area contributed by atoms with Crippen LogP contribution in [0, 0.1) is 0 Å². The molecule has 4 nitrogen and oxygen atoms in total. The number of benzene rings is 2. The molecule has 26 heavy (non-hydrogen) atoms. The molecule has 1 saturated heterocycles. The highest BCUT2D eigenvalue weighted by molar-refractivity contribution is 7.18. The highest BCUT2D eigenvalue weighted by Crippen LogP contribution is 2.36. The summed E-state index contributed by atoms with van der Waals surface area (Å²) >= 11 is 3.36. The normalized spacial score (nSPS) is 18.7. The van der Waals surface area contributed by atoms with E-state index in [0.717, 1.165) is 28.6 Å². The molecule has 1 unspecified atom stereocenters. The standard InChI is InChI=1S/C20H19N3OS2/c24-20-14-7-1-3-10-17(14)26-23(20)13-22-12-6-5-9-16(22)19-21-15-8-2-4-11-18(15)25-19/h1-4,7-8,10-11,16H,5-6,9,12-13H2. The maximum atomic E-state index is 12.7. The van der Waals surface area contributed by atoms with Gasteiger partial charge in [0.15, 0.2) is 0 Å². The quantitative estimate of drug-likeness (QED) is 0.509. The van der Waals surface area contributed by atoms with Crippen molar-refractivity contribution in [2.75, 3.05) is 6.54 Å². The van der Waals surface area contributed by atoms with Gasteiger partial charge in [-0.15, -0.1) is 11.3 Å². The number of fused-ring (bicyclic) bond motifs is 2. The van der Waals surface area contributed by atoms with Crippen LogP contribution in [-0.2, 0) is 6.67 Å². The third-order valence-corrected chi connectivity index (χ3v) is 7.26. The highest BCUT2D eigenvalue weighted by Gasteiger charge is 2.27. The first kappa shape index (κ1) is 16.2. The summed E-state index contributed by atoms with van der Waals surface area (Å²) in [5, 5.41) is 2.01. The summed E-state index contributed by atoms with van der Waals surface area (Å²) < 4.78 is 4.20. The number of para-hydroxylation sites is 1. The molecular weight excluding hydrogens is 362 g/mol. The van der Waals surface area contributed by atoms with Gasteiger partial charge in [0.1, 0.15) is 5.01 Å². The van der Waals surface area contributed by atoms with Crippen LogP contribution in [0.3, 0.4) is 0 Å². The molecule has 0 amide bonds. The molecule has 0 saturated carbocycles. The molecule has 2 aromatic carbocycles. The molecule has 0 radical (unpaired) electrons. The fourth-order valence-corrected chi connectivity index (χ4v) is 5.90. The van der Waals surface area contributed by atoms with E-state index in [0.29, 0.717) is 12.7 Å². The lowest BCUT2D eigenvalue weighted by Gasteiger charge is -2.34. The number of aromatic nitrogens is 2. The van der Waals surface area contributed by atoms with Gasteiger partial charge >= 0.3 is 0 Å². The zero-order chi connectivity index (χ0) is 17.5. The maximum Gasteiger partial charge on any atom is 0.269 e. The van der Waals surface area contributed by atoms with Crippen molar-refractivity contribution in [3.05, 3.63) is 63.9 Å². The third kappa shape index (κ3) is 2.78. The Morgan fingerprint density at radius 3 is 2.69 bits per heavy atom. The molecule has 0 aliphatic carbocycles. The zero-order valence-corrected chi connectivity index (χ0v) is 15.9. The maximum absolute atomic E-state index is 12.7. The lowest BCUT2D eigenvalue weighted by Crippen LogP contribution is -2.36. The molecule has 6 heteroatoms. The Kier molecular flexibility index (Phi) is 4.11. The van der Waals surface area contributed by atoms with Crippen molar-refractivity contribution in [2.45, 2.75) is 32.0 Å². The smallest absolute Gasteiger partial charge is 0.269 e. The first-order valence-electron chi connectivity index (χ1n) is 8.98. The topological polar surface area (TPSA) is 38.1 Å². The monoisotopic (exact) mass is 381 g/mol. The summed E-state index contributed by atoms with van der Waals surface area (Å²) in [6.07, 6.45) is 3.51. The van der Waals surface area contributed by atoms with Gasteiger partial charge in [0.25, 0.3) is 5.56 Å². The Balaban J connectivity index is 1.49. The number of nitrogens with zero attached hydrogens (tertiary/aromatic N) is 3. The van der Waals surface area contributed by atoms with Crippen molar-refractivity contribution >= 4 is 43.2 Å². The molecule has 1 aliphatic rings. The summed E-state index contributed by atoms with van der Waals surface area (Å²) in [4.78, 5) is 20.0. The second-order valence-corrected chi connectivity index (χ2v) is 8.88. The number of thiazole rings is 1. The largest absolute Gasteiger partial charge is 0.275 e. The molecule has 0 spiro atoms. The van der Waals surface area contributed by atoms with Gasteiger partial charge in [-0.3, -0.25) is 9.69 Å². The van der Waals surface area contributed by atoms with Gasteiger partial charge < -0.3 is 0 Å². The summed E-state index contributed by atoms with van der Waals surface area (Å²) in [7, 11) is 0. The van der Waals surface area contributed by atoms with E-state index in [1.807, 2.05) is 34.3 Å². The van der Waals surface area contributed by atoms with Gasteiger partial charge in [-0.05, 0) is 37.1 Å². The van der Waals surface area contributed by atoms with E-state index >= 15 is 0 Å². The number of likely N-dealkylation sites (tertiary alicyclic amines) is 1. The molecule has 0 N–H and O–H groups in total. The first-order valence-corrected chi connectivity index (χ1v) is 10.6. The lowest BCUT2D eigenvalue weighted by atomic mass is 10.0. The number of hydrogen-bond donors (Lipinski definition) is 0. The minimum Gasteiger partial charge on any atom is -0.275 e. The number of piperidine rings is 1. The van der Waals surface area contributed by atoms with E-state index in [4.69, 9.17) is 4.98 Å². The minimum absolute atomic E-state index is 0.124. The van der Waals surface area contributed by atoms with Gasteiger partial charge in [-0.1, -0.05) is 42.2 Å². The second kappa shape index (κ2) is 6.61. The van der Waals surface area contributed by atoms with Gasteiger partial charge in [0.2, 0.25) is 0 Å². The van der Waals surface area contributed by atoms with Crippen molar-refractivity contribution < 1.29 is 0 Å². The van der Waals surface area contributed by atoms with Crippen molar-refractivity contribution in [3.8, 4) is 0 Å². The SMILES string of the molecule is O=c1c2ccccc2sn1CN1CCCCC1c1nc2ccccc2s1. The van der Waals surface area contributed by atoms with E-state index in [1.165, 1.54) is 22.5 Å². The Bertz CT molecular complexity index is 1090. The molecule has 4 aromatic rings. The van der Waals surface area contributed by atoms with Gasteiger partial charge in [-0.25, -0.2) is 8.94 Å². The average Bonchev–Trinajstić information content (AvgIpc) is 3.24. The van der Waals surface area contributed by atoms with E-state index in [9.17, 15) is 4.79 Å². The van der Waals surface area contributed by atoms with Crippen molar-refractivity contribution in [1.29, 1.82) is 0 Å². The Morgan fingerprint density at radius 1 is 1.04 bits per heavy atom. The van der Waals surface area contributed by atoms with E-state index in [1.54, 1.807) is 22.9 Å². The summed E-state index contributed by atoms with van der Waals surface area (Å²) in [5.41, 5.74) is 1.20. The van der Waals surface area contributed by atoms with Crippen molar-refractivity contribution in [1.82, 2.24) is 13.8 Å². The highest BCUT2D eigenvalue weighted by atomic mass is 32.1. The van der Waals surface area contributed by atoms with E-state index in [2.05, 4.69) is 23.1 Å². The van der Waals surface area contributed by atoms with Crippen LogP contribution < -0.4 is 5.56 Å². The Hall–Kier alpha value is -2.02. The number of rotatable bonds is 3. The van der Waals surface area contributed by atoms with Crippen molar-refractivity contribution in [2.24, 2.45) is 0 Å². The summed E-state index contributed by atoms with van der Waals surface area (Å²) in [6.45, 7) is 1.67. The lowest BCUT2D eigenvalue weighted by molar-refractivity contribution is 0.114. The predicted molar refractivity (Wildman–Crippen MR) is 109 cm³/mol. The minimum atomic E-state index is 0.124. The van der Waals surface area contributed by atoms with Gasteiger partial charge in [0.05, 0.1) is 33.0 Å². The molecule has 5 rings (SSSR count). The molecule has 0 bridgehead atoms. The Morgan fingerprint density at radius 2 is 1.85 bits per heavy atom. The first-order chi connectivity index (χ1) is 12.8. The third-order valence-electron chi connectivity index (χ3n) is 5.07. The molecule has 1 fully saturated rings. The molecular formula is C20H19N3OS2. The van der Waals surface area contributed by atoms with E-state index < -0.39 is 0 Å². The van der Waals surface area contributed by atoms with Crippen LogP contribution in [0.25, 0.3) is 20.3 Å². The van der Waals surface area contributed by atoms with Crippen LogP contribution in [0.5, 0.6) is 0 Å². The van der Waals surface area contributed by atoms with Crippen LogP contribution in [-0.4, -0.2) is 20.4 Å². The molecule has 132 valence electrons. The summed E-state index contributed by atoms with van der Waals surface area (Å²) in [5.74, 6) is 0. The van der Waals surface area contributed by atoms with Crippen LogP contribution in [0.1, 0.15) is 30.3 Å². The Labute approximate surface area is 159 Å². The predicted octanol–water partition coefficient (Wildman–Crippen LogP) is 4.86. The molecule has 2 aromatic heterocycles. The molecule has 1 atom stereocenters. The van der Waals surface area contributed by atoms with Gasteiger partial charge in [-0.2, -0.15) is 0 Å². The van der Waals surface area contributed by atoms with Crippen LogP contribution in [0.2, 0.25) is 0 Å². The zero-order valence-electron chi connectivity index (χ0n) is 14.3. The fourth-order valence-electron chi connectivity index (χ4n) is 3.75. The van der Waals surface area contributed by atoms with Crippen LogP contribution in [0.15, 0.2) is 53.3 Å². The fraction of sp³-hybridized carbons (Fsp3) is 0.300. The van der Waals surface area contributed by atoms with Crippen molar-refractivity contribution in [3.63, 3.8) is 0 Å². The van der Waals surface area contributed by atoms with Crippen LogP contribution in [0.4, 0.5) is 0 Å².